The molecule has 3 nitrogen and oxygen atoms in total. The zero-order chi connectivity index (χ0) is 11.4. The van der Waals surface area contributed by atoms with Gasteiger partial charge in [-0.05, 0) is 15.9 Å². The van der Waals surface area contributed by atoms with E-state index in [1.807, 2.05) is 0 Å². The van der Waals surface area contributed by atoms with Crippen LogP contribution in [0.5, 0.6) is 5.75 Å². The van der Waals surface area contributed by atoms with Crippen molar-refractivity contribution in [3.63, 3.8) is 0 Å². The Morgan fingerprint density at radius 3 is 2.80 bits per heavy atom. The van der Waals surface area contributed by atoms with Crippen LogP contribution in [0.4, 0.5) is 8.78 Å². The Labute approximate surface area is 92.9 Å². The van der Waals surface area contributed by atoms with Crippen LogP contribution in [0.25, 0.3) is 0 Å². The van der Waals surface area contributed by atoms with Crippen LogP contribution in [-0.2, 0) is 11.3 Å². The number of methoxy groups -OCH3 is 1. The monoisotopic (exact) mass is 277 g/mol. The summed E-state index contributed by atoms with van der Waals surface area (Å²) in [5.41, 5.74) is -0.300. The highest BCUT2D eigenvalue weighted by Crippen LogP contribution is 2.32. The summed E-state index contributed by atoms with van der Waals surface area (Å²) in [7, 11) is 1.29. The molecule has 1 rings (SSSR count). The second kappa shape index (κ2) is 5.00. The maximum Gasteiger partial charge on any atom is 0.235 e. The molecule has 0 N–H and O–H groups in total. The Kier molecular flexibility index (Phi) is 3.94. The molecule has 6 heteroatoms. The number of benzene rings is 1. The minimum absolute atomic E-state index is 0.00231. The fraction of sp³-hybridized carbons (Fsp3) is 0.222. The van der Waals surface area contributed by atoms with Crippen LogP contribution in [-0.4, -0.2) is 13.2 Å². The van der Waals surface area contributed by atoms with E-state index in [0.29, 0.717) is 0 Å². The van der Waals surface area contributed by atoms with E-state index in [9.17, 15) is 13.6 Å². The number of halogens is 3. The summed E-state index contributed by atoms with van der Waals surface area (Å²) in [6, 6.07) is 1.02. The Balaban J connectivity index is 3.28. The molecule has 1 aromatic rings. The summed E-state index contributed by atoms with van der Waals surface area (Å²) in [6.45, 7) is -0.385. The van der Waals surface area contributed by atoms with Crippen LogP contribution >= 0.6 is 15.9 Å². The van der Waals surface area contributed by atoms with Gasteiger partial charge in [0, 0.05) is 11.6 Å². The summed E-state index contributed by atoms with van der Waals surface area (Å²) in [5.74, 6) is -1.60. The van der Waals surface area contributed by atoms with Gasteiger partial charge in [0.05, 0.1) is 18.1 Å². The molecule has 0 amide bonds. The van der Waals surface area contributed by atoms with E-state index >= 15 is 0 Å². The highest BCUT2D eigenvalue weighted by Gasteiger charge is 2.16. The normalized spacial score (nSPS) is 9.60. The number of rotatable bonds is 3. The average molecular weight is 278 g/mol. The van der Waals surface area contributed by atoms with Crippen LogP contribution < -0.4 is 4.74 Å². The Morgan fingerprint density at radius 2 is 2.27 bits per heavy atom. The lowest BCUT2D eigenvalue weighted by molar-refractivity contribution is 0.401. The molecule has 1 aromatic carbocycles. The zero-order valence-electron chi connectivity index (χ0n) is 7.68. The molecule has 0 atom stereocenters. The first-order valence-corrected chi connectivity index (χ1v) is 4.65. The molecule has 0 fully saturated rings. The molecule has 0 aliphatic rings. The summed E-state index contributed by atoms with van der Waals surface area (Å²) in [6.07, 6.45) is 1.21. The third kappa shape index (κ3) is 2.40. The minimum atomic E-state index is -0.828. The van der Waals surface area contributed by atoms with Gasteiger partial charge in [-0.25, -0.2) is 18.6 Å². The third-order valence-electron chi connectivity index (χ3n) is 1.74. The molecule has 0 saturated heterocycles. The molecule has 0 bridgehead atoms. The molecule has 0 unspecified atom stereocenters. The second-order valence-electron chi connectivity index (χ2n) is 2.57. The Bertz CT molecular complexity index is 431. The minimum Gasteiger partial charge on any atom is -0.495 e. The lowest BCUT2D eigenvalue weighted by Crippen LogP contribution is -1.98. The van der Waals surface area contributed by atoms with Gasteiger partial charge < -0.3 is 4.74 Å². The third-order valence-corrected chi connectivity index (χ3v) is 2.48. The van der Waals surface area contributed by atoms with Crippen molar-refractivity contribution in [2.24, 2.45) is 4.99 Å². The number of nitrogens with zero attached hydrogens (tertiary/aromatic N) is 1. The molecule has 15 heavy (non-hydrogen) atoms. The van der Waals surface area contributed by atoms with Crippen LogP contribution in [0, 0.1) is 11.6 Å². The van der Waals surface area contributed by atoms with Gasteiger partial charge in [0.1, 0.15) is 17.4 Å². The maximum atomic E-state index is 13.5. The van der Waals surface area contributed by atoms with Crippen LogP contribution in [0.3, 0.4) is 0 Å². The van der Waals surface area contributed by atoms with Gasteiger partial charge >= 0.3 is 0 Å². The van der Waals surface area contributed by atoms with E-state index in [1.165, 1.54) is 13.2 Å². The molecule has 0 aromatic heterocycles. The Morgan fingerprint density at radius 1 is 1.60 bits per heavy atom. The summed E-state index contributed by atoms with van der Waals surface area (Å²) in [5, 5.41) is 0. The van der Waals surface area contributed by atoms with Gasteiger partial charge in [0.2, 0.25) is 6.08 Å². The molecular formula is C9H6BrF2NO2. The number of isocyanates is 1. The lowest BCUT2D eigenvalue weighted by atomic mass is 10.2. The summed E-state index contributed by atoms with van der Waals surface area (Å²) >= 11 is 2.91. The first-order chi connectivity index (χ1) is 7.11. The molecular weight excluding hydrogens is 272 g/mol. The number of carbonyl (C=O) groups excluding carboxylic acids is 1. The van der Waals surface area contributed by atoms with E-state index in [2.05, 4.69) is 20.9 Å². The standard InChI is InChI=1S/C9H6BrF2NO2/c1-15-7-2-6(11)5(3-13-4-14)9(12)8(7)10/h2H,3H2,1H3. The molecule has 0 saturated carbocycles. The van der Waals surface area contributed by atoms with Gasteiger partial charge in [-0.1, -0.05) is 0 Å². The zero-order valence-corrected chi connectivity index (χ0v) is 9.27. The number of hydrogen-bond donors (Lipinski definition) is 0. The van der Waals surface area contributed by atoms with E-state index in [4.69, 9.17) is 4.74 Å². The average Bonchev–Trinajstić information content (AvgIpc) is 2.23. The smallest absolute Gasteiger partial charge is 0.235 e. The van der Waals surface area contributed by atoms with Crippen molar-refractivity contribution in [3.05, 3.63) is 27.7 Å². The number of ether oxygens (including phenoxy) is 1. The van der Waals surface area contributed by atoms with E-state index in [-0.39, 0.29) is 22.3 Å². The van der Waals surface area contributed by atoms with Gasteiger partial charge in [0.25, 0.3) is 0 Å². The Hall–Kier alpha value is -1.26. The first kappa shape index (κ1) is 11.8. The van der Waals surface area contributed by atoms with Crippen LogP contribution in [0.2, 0.25) is 0 Å². The van der Waals surface area contributed by atoms with Crippen molar-refractivity contribution >= 4 is 22.0 Å². The molecule has 0 radical (unpaired) electrons. The van der Waals surface area contributed by atoms with Crippen molar-refractivity contribution < 1.29 is 18.3 Å². The molecule has 80 valence electrons. The molecule has 0 heterocycles. The number of hydrogen-bond acceptors (Lipinski definition) is 3. The van der Waals surface area contributed by atoms with Gasteiger partial charge in [0.15, 0.2) is 0 Å². The van der Waals surface area contributed by atoms with Crippen molar-refractivity contribution in [2.45, 2.75) is 6.54 Å². The fourth-order valence-electron chi connectivity index (χ4n) is 1.02. The van der Waals surface area contributed by atoms with Crippen molar-refractivity contribution in [1.82, 2.24) is 0 Å². The van der Waals surface area contributed by atoms with Crippen molar-refractivity contribution in [3.8, 4) is 5.75 Å². The number of aliphatic imine (C=N–C) groups is 1. The summed E-state index contributed by atoms with van der Waals surface area (Å²) in [4.78, 5) is 12.9. The largest absolute Gasteiger partial charge is 0.495 e. The van der Waals surface area contributed by atoms with Crippen LogP contribution in [0.15, 0.2) is 15.5 Å². The SMILES string of the molecule is COc1cc(F)c(CN=C=O)c(F)c1Br. The molecule has 0 spiro atoms. The highest BCUT2D eigenvalue weighted by molar-refractivity contribution is 9.10. The van der Waals surface area contributed by atoms with Gasteiger partial charge in [-0.3, -0.25) is 0 Å². The van der Waals surface area contributed by atoms with Gasteiger partial charge in [-0.15, -0.1) is 0 Å². The quantitative estimate of drug-likeness (QED) is 0.484. The summed E-state index contributed by atoms with van der Waals surface area (Å²) < 4.78 is 31.5. The van der Waals surface area contributed by atoms with Gasteiger partial charge in [-0.2, -0.15) is 0 Å². The topological polar surface area (TPSA) is 38.7 Å². The first-order valence-electron chi connectivity index (χ1n) is 3.85. The second-order valence-corrected chi connectivity index (χ2v) is 3.37. The molecule has 0 aliphatic carbocycles. The predicted molar refractivity (Wildman–Crippen MR) is 52.4 cm³/mol. The lowest BCUT2D eigenvalue weighted by Gasteiger charge is -2.08. The van der Waals surface area contributed by atoms with Crippen molar-refractivity contribution in [1.29, 1.82) is 0 Å². The fourth-order valence-corrected chi connectivity index (χ4v) is 1.53. The van der Waals surface area contributed by atoms with E-state index < -0.39 is 11.6 Å². The predicted octanol–water partition coefficient (Wildman–Crippen LogP) is 2.57. The van der Waals surface area contributed by atoms with E-state index in [0.717, 1.165) is 6.07 Å². The van der Waals surface area contributed by atoms with E-state index in [1.54, 1.807) is 0 Å². The highest BCUT2D eigenvalue weighted by atomic mass is 79.9. The van der Waals surface area contributed by atoms with Crippen molar-refractivity contribution in [2.75, 3.05) is 7.11 Å². The molecule has 0 aliphatic heterocycles. The maximum absolute atomic E-state index is 13.5. The van der Waals surface area contributed by atoms with Crippen LogP contribution in [0.1, 0.15) is 5.56 Å².